The smallest absolute Gasteiger partial charge is 0.278 e. The number of phosphoric acid groups is 3. The second kappa shape index (κ2) is 9.56. The number of rotatable bonds is 9. The molecule has 1 saturated heterocycles. The molecule has 0 saturated carbocycles. The number of thioether (sulfide) groups is 1. The molecule has 3 heterocycles. The van der Waals surface area contributed by atoms with E-state index in [0.29, 0.717) is 0 Å². The number of phosphoric ester groups is 1. The van der Waals surface area contributed by atoms with E-state index in [1.807, 2.05) is 0 Å². The number of hydrogen-bond donors (Lipinski definition) is 3. The quantitative estimate of drug-likeness (QED) is 0.156. The van der Waals surface area contributed by atoms with Crippen LogP contribution < -0.4 is 25.3 Å². The van der Waals surface area contributed by atoms with Crippen molar-refractivity contribution in [2.45, 2.75) is 29.7 Å². The minimum Gasteiger partial charge on any atom is -0.790 e. The van der Waals surface area contributed by atoms with Gasteiger partial charge in [-0.2, -0.15) is 0 Å². The summed E-state index contributed by atoms with van der Waals surface area (Å²) < 4.78 is 50.5. The van der Waals surface area contributed by atoms with Gasteiger partial charge in [-0.1, -0.05) is 11.8 Å². The zero-order valence-electron chi connectivity index (χ0n) is 16.1. The van der Waals surface area contributed by atoms with Crippen LogP contribution in [0.4, 0.5) is 5.82 Å². The lowest BCUT2D eigenvalue weighted by Crippen LogP contribution is -2.34. The van der Waals surface area contributed by atoms with E-state index < -0.39 is 54.6 Å². The number of hydrogen-bond acceptors (Lipinski definition) is 18. The van der Waals surface area contributed by atoms with Crippen LogP contribution >= 0.6 is 35.2 Å². The van der Waals surface area contributed by atoms with E-state index in [4.69, 9.17) is 10.5 Å². The minimum atomic E-state index is -6.15. The molecule has 6 atom stereocenters. The molecular weight excluding hydrogens is 535 g/mol. The fourth-order valence-electron chi connectivity index (χ4n) is 2.74. The van der Waals surface area contributed by atoms with E-state index in [0.717, 1.165) is 11.8 Å². The zero-order valence-corrected chi connectivity index (χ0v) is 19.6. The maximum atomic E-state index is 11.7. The lowest BCUT2D eigenvalue weighted by atomic mass is 10.1. The van der Waals surface area contributed by atoms with Gasteiger partial charge in [0.15, 0.2) is 22.8 Å². The van der Waals surface area contributed by atoms with Crippen molar-refractivity contribution in [2.24, 2.45) is 0 Å². The Hall–Kier alpha value is -1.01. The van der Waals surface area contributed by atoms with Crippen molar-refractivity contribution < 1.29 is 61.4 Å². The van der Waals surface area contributed by atoms with Gasteiger partial charge in [-0.05, 0) is 6.26 Å². The molecule has 1 aliphatic heterocycles. The Bertz CT molecular complexity index is 1170. The van der Waals surface area contributed by atoms with Crippen LogP contribution in [0.3, 0.4) is 0 Å². The monoisotopic (exact) mass is 549 g/mol. The molecule has 1 aliphatic rings. The molecular formula is C11H14N5O13P3S-4. The Morgan fingerprint density at radius 3 is 2.42 bits per heavy atom. The number of ether oxygens (including phenoxy) is 1. The van der Waals surface area contributed by atoms with Crippen molar-refractivity contribution in [3.63, 3.8) is 0 Å². The second-order valence-electron chi connectivity index (χ2n) is 6.27. The summed E-state index contributed by atoms with van der Waals surface area (Å²) in [6.07, 6.45) is -3.44. The fraction of sp³-hybridized carbons (Fsp3) is 0.545. The van der Waals surface area contributed by atoms with Gasteiger partial charge in [0, 0.05) is 0 Å². The highest BCUT2D eigenvalue weighted by atomic mass is 32.2. The average Bonchev–Trinajstić information content (AvgIpc) is 3.19. The van der Waals surface area contributed by atoms with Gasteiger partial charge in [-0.3, -0.25) is 18.0 Å². The minimum absolute atomic E-state index is 0.0328. The van der Waals surface area contributed by atoms with E-state index in [2.05, 4.69) is 28.1 Å². The number of fused-ring (bicyclic) bond motifs is 1. The van der Waals surface area contributed by atoms with E-state index in [9.17, 15) is 43.5 Å². The van der Waals surface area contributed by atoms with Gasteiger partial charge >= 0.3 is 0 Å². The molecule has 0 amide bonds. The molecule has 186 valence electrons. The third-order valence-electron chi connectivity index (χ3n) is 4.02. The highest BCUT2D eigenvalue weighted by Crippen LogP contribution is 2.60. The van der Waals surface area contributed by atoms with E-state index >= 15 is 0 Å². The van der Waals surface area contributed by atoms with Gasteiger partial charge in [0.05, 0.1) is 20.8 Å². The van der Waals surface area contributed by atoms with E-state index in [-0.39, 0.29) is 22.1 Å². The molecule has 33 heavy (non-hydrogen) atoms. The molecule has 0 radical (unpaired) electrons. The Morgan fingerprint density at radius 1 is 1.15 bits per heavy atom. The van der Waals surface area contributed by atoms with E-state index in [1.165, 1.54) is 10.9 Å². The predicted molar refractivity (Wildman–Crippen MR) is 98.4 cm³/mol. The molecule has 2 aromatic heterocycles. The molecule has 18 nitrogen and oxygen atoms in total. The molecule has 0 aliphatic carbocycles. The van der Waals surface area contributed by atoms with Gasteiger partial charge in [0.25, 0.3) is 15.6 Å². The van der Waals surface area contributed by atoms with E-state index in [1.54, 1.807) is 6.26 Å². The molecule has 4 N–H and O–H groups in total. The molecule has 0 bridgehead atoms. The first-order chi connectivity index (χ1) is 15.1. The summed E-state index contributed by atoms with van der Waals surface area (Å²) in [6.45, 7) is -1.08. The number of aromatic nitrogens is 4. The van der Waals surface area contributed by atoms with Crippen LogP contribution in [0.15, 0.2) is 11.5 Å². The zero-order chi connectivity index (χ0) is 24.8. The van der Waals surface area contributed by atoms with Crippen molar-refractivity contribution in [2.75, 3.05) is 18.6 Å². The highest BCUT2D eigenvalue weighted by Gasteiger charge is 2.45. The van der Waals surface area contributed by atoms with Crippen LogP contribution in [0.1, 0.15) is 6.23 Å². The van der Waals surface area contributed by atoms with Crippen molar-refractivity contribution in [1.82, 2.24) is 19.5 Å². The summed E-state index contributed by atoms with van der Waals surface area (Å²) in [4.78, 5) is 55.7. The number of nitrogen functional groups attached to an aromatic ring is 1. The summed E-state index contributed by atoms with van der Waals surface area (Å²) in [5, 5.41) is 20.8. The Labute approximate surface area is 188 Å². The first-order valence-electron chi connectivity index (χ1n) is 8.39. The first-order valence-corrected chi connectivity index (χ1v) is 14.0. The molecule has 2 aromatic rings. The number of nitrogens with zero attached hydrogens (tertiary/aromatic N) is 4. The predicted octanol–water partition coefficient (Wildman–Crippen LogP) is -3.44. The molecule has 3 rings (SSSR count). The molecule has 22 heteroatoms. The molecule has 1 fully saturated rings. The number of anilines is 1. The first kappa shape index (κ1) is 26.6. The Morgan fingerprint density at radius 2 is 1.82 bits per heavy atom. The highest BCUT2D eigenvalue weighted by molar-refractivity contribution is 7.98. The van der Waals surface area contributed by atoms with Crippen molar-refractivity contribution in [3.8, 4) is 0 Å². The maximum absolute atomic E-state index is 11.7. The van der Waals surface area contributed by atoms with Crippen molar-refractivity contribution >= 4 is 52.2 Å². The SMILES string of the molecule is CSc1nc(N)c2ncn(C3OC(COP(=O)([O-])OP(=O)([O-])OP(=O)([O-])[O-])C(O)C3O)c2n1. The number of aliphatic hydroxyl groups excluding tert-OH is 2. The lowest BCUT2D eigenvalue weighted by Gasteiger charge is -2.37. The average molecular weight is 549 g/mol. The summed E-state index contributed by atoms with van der Waals surface area (Å²) >= 11 is 1.16. The molecule has 0 spiro atoms. The number of nitrogens with two attached hydrogens (primary N) is 1. The summed E-state index contributed by atoms with van der Waals surface area (Å²) in [5.74, 6) is 0.0328. The fourth-order valence-corrected chi connectivity index (χ4v) is 5.97. The van der Waals surface area contributed by atoms with Crippen LogP contribution in [-0.2, 0) is 31.6 Å². The van der Waals surface area contributed by atoms with Gasteiger partial charge in [-0.25, -0.2) is 19.3 Å². The topological polar surface area (TPSA) is 290 Å². The van der Waals surface area contributed by atoms with Gasteiger partial charge in [-0.15, -0.1) is 0 Å². The van der Waals surface area contributed by atoms with Crippen LogP contribution in [0.2, 0.25) is 0 Å². The third kappa shape index (κ3) is 6.36. The van der Waals surface area contributed by atoms with Crippen molar-refractivity contribution in [1.29, 1.82) is 0 Å². The summed E-state index contributed by atoms with van der Waals surface area (Å²) in [7, 11) is -18.1. The Kier molecular flexibility index (Phi) is 7.71. The Balaban J connectivity index is 1.73. The lowest BCUT2D eigenvalue weighted by molar-refractivity contribution is -0.339. The maximum Gasteiger partial charge on any atom is 0.278 e. The third-order valence-corrected chi connectivity index (χ3v) is 8.23. The van der Waals surface area contributed by atoms with Crippen molar-refractivity contribution in [3.05, 3.63) is 6.33 Å². The van der Waals surface area contributed by atoms with Gasteiger partial charge in [0.1, 0.15) is 23.8 Å². The summed E-state index contributed by atoms with van der Waals surface area (Å²) in [6, 6.07) is 0. The number of aliphatic hydroxyl groups is 2. The number of imidazole rings is 1. The van der Waals surface area contributed by atoms with Crippen LogP contribution in [0.25, 0.3) is 11.2 Å². The van der Waals surface area contributed by atoms with Crippen LogP contribution in [0, 0.1) is 0 Å². The molecule has 6 unspecified atom stereocenters. The second-order valence-corrected chi connectivity index (χ2v) is 11.3. The molecule has 0 aromatic carbocycles. The standard InChI is InChI=1S/C11H18N5O13P3S/c1-33-11-14-8(12)5-9(15-11)16(3-13-5)10-7(18)6(17)4(27-10)2-26-31(22,23)29-32(24,25)28-30(19,20)21/h3-4,6-7,10,17-18H,2H2,1H3,(H,22,23)(H,24,25)(H2,12,14,15)(H2,19,20,21)/p-4. The van der Waals surface area contributed by atoms with Crippen LogP contribution in [0.5, 0.6) is 0 Å². The van der Waals surface area contributed by atoms with Crippen LogP contribution in [-0.4, -0.2) is 60.9 Å². The summed E-state index contributed by atoms with van der Waals surface area (Å²) in [5.41, 5.74) is 6.10. The normalized spacial score (nSPS) is 27.5. The van der Waals surface area contributed by atoms with Gasteiger partial charge in [0.2, 0.25) is 0 Å². The largest absolute Gasteiger partial charge is 0.790 e. The van der Waals surface area contributed by atoms with Gasteiger partial charge < -0.3 is 49.3 Å².